The van der Waals surface area contributed by atoms with Crippen LogP contribution in [0.1, 0.15) is 32.6 Å². The highest BCUT2D eigenvalue weighted by molar-refractivity contribution is 5.65. The van der Waals surface area contributed by atoms with E-state index in [0.717, 1.165) is 5.70 Å². The van der Waals surface area contributed by atoms with E-state index in [0.29, 0.717) is 11.8 Å². The number of hydrogen-bond acceptors (Lipinski definition) is 3. The minimum absolute atomic E-state index is 0.276. The van der Waals surface area contributed by atoms with E-state index in [1.165, 1.54) is 32.6 Å². The Balaban J connectivity index is 1.95. The van der Waals surface area contributed by atoms with Gasteiger partial charge in [0.1, 0.15) is 0 Å². The second-order valence-electron chi connectivity index (χ2n) is 3.93. The summed E-state index contributed by atoms with van der Waals surface area (Å²) in [5.74, 6) is 1.04. The van der Waals surface area contributed by atoms with Gasteiger partial charge in [-0.2, -0.15) is 0 Å². The number of hydroxylamine groups is 1. The molecule has 0 atom stereocenters. The molecule has 3 rings (SSSR count). The Labute approximate surface area is 78.1 Å². The number of fused-ring (bicyclic) bond motifs is 2. The van der Waals surface area contributed by atoms with Crippen LogP contribution in [0.25, 0.3) is 0 Å². The Kier molecular flexibility index (Phi) is 2.25. The molecule has 0 spiro atoms. The average Bonchev–Trinajstić information content (AvgIpc) is 2.17. The smallest absolute Gasteiger partial charge is 0.329 e. The number of carbonyl (C=O) groups excluding carboxylic acids is 1. The topological polar surface area (TPSA) is 38.3 Å². The molecule has 1 N–H and O–H groups in total. The third kappa shape index (κ3) is 1.85. The number of rotatable bonds is 2. The van der Waals surface area contributed by atoms with Gasteiger partial charge < -0.3 is 4.84 Å². The van der Waals surface area contributed by atoms with Gasteiger partial charge >= 0.3 is 5.97 Å². The summed E-state index contributed by atoms with van der Waals surface area (Å²) in [6.07, 6.45) is 7.31. The second-order valence-corrected chi connectivity index (χ2v) is 3.93. The first-order valence-corrected chi connectivity index (χ1v) is 4.91. The molecule has 3 nitrogen and oxygen atoms in total. The first kappa shape index (κ1) is 8.60. The first-order chi connectivity index (χ1) is 6.25. The molecule has 1 fully saturated rings. The molecule has 0 saturated heterocycles. The molecule has 0 aromatic heterocycles. The standard InChI is InChI=1S/C10H15NO2/c1-7(12)13-11-10-6-8-2-4-9(10)5-3-8/h6,8-9,11H,2-5H2,1H3. The summed E-state index contributed by atoms with van der Waals surface area (Å²) in [5.41, 5.74) is 3.89. The summed E-state index contributed by atoms with van der Waals surface area (Å²) in [4.78, 5) is 15.4. The third-order valence-electron chi connectivity index (χ3n) is 2.94. The van der Waals surface area contributed by atoms with Crippen LogP contribution in [0, 0.1) is 11.8 Å². The van der Waals surface area contributed by atoms with Gasteiger partial charge in [-0.1, -0.05) is 6.08 Å². The first-order valence-electron chi connectivity index (χ1n) is 4.91. The molecule has 2 bridgehead atoms. The fraction of sp³-hybridized carbons (Fsp3) is 0.700. The summed E-state index contributed by atoms with van der Waals surface area (Å²) in [6.45, 7) is 1.41. The van der Waals surface area contributed by atoms with Crippen molar-refractivity contribution in [2.75, 3.05) is 0 Å². The Morgan fingerprint density at radius 1 is 1.46 bits per heavy atom. The highest BCUT2D eigenvalue weighted by atomic mass is 16.7. The maximum atomic E-state index is 10.6. The van der Waals surface area contributed by atoms with E-state index in [1.807, 2.05) is 0 Å². The lowest BCUT2D eigenvalue weighted by molar-refractivity contribution is -0.147. The normalized spacial score (nSPS) is 31.0. The van der Waals surface area contributed by atoms with Crippen LogP contribution in [0.5, 0.6) is 0 Å². The van der Waals surface area contributed by atoms with Gasteiger partial charge in [-0.3, -0.25) is 4.79 Å². The third-order valence-corrected chi connectivity index (χ3v) is 2.94. The Morgan fingerprint density at radius 3 is 2.62 bits per heavy atom. The second kappa shape index (κ2) is 3.40. The van der Waals surface area contributed by atoms with Crippen LogP contribution in [0.4, 0.5) is 0 Å². The number of hydrogen-bond donors (Lipinski definition) is 1. The predicted molar refractivity (Wildman–Crippen MR) is 48.4 cm³/mol. The van der Waals surface area contributed by atoms with Crippen molar-refractivity contribution in [1.82, 2.24) is 5.48 Å². The Hall–Kier alpha value is -0.990. The van der Waals surface area contributed by atoms with Crippen molar-refractivity contribution in [3.8, 4) is 0 Å². The van der Waals surface area contributed by atoms with Crippen LogP contribution in [0.3, 0.4) is 0 Å². The van der Waals surface area contributed by atoms with Gasteiger partial charge in [0.05, 0.1) is 0 Å². The largest absolute Gasteiger partial charge is 0.344 e. The highest BCUT2D eigenvalue weighted by Crippen LogP contribution is 2.39. The van der Waals surface area contributed by atoms with Crippen LogP contribution < -0.4 is 5.48 Å². The summed E-state index contributed by atoms with van der Waals surface area (Å²) in [6, 6.07) is 0. The monoisotopic (exact) mass is 181 g/mol. The van der Waals surface area contributed by atoms with E-state index in [-0.39, 0.29) is 5.97 Å². The molecule has 0 aromatic rings. The molecule has 0 aliphatic heterocycles. The van der Waals surface area contributed by atoms with Gasteiger partial charge in [-0.15, -0.1) is 0 Å². The van der Waals surface area contributed by atoms with Crippen molar-refractivity contribution in [1.29, 1.82) is 0 Å². The molecule has 13 heavy (non-hydrogen) atoms. The van der Waals surface area contributed by atoms with Crippen molar-refractivity contribution < 1.29 is 9.63 Å². The Bertz CT molecular complexity index is 239. The van der Waals surface area contributed by atoms with Gasteiger partial charge in [0.25, 0.3) is 0 Å². The van der Waals surface area contributed by atoms with Crippen LogP contribution in [0.2, 0.25) is 0 Å². The van der Waals surface area contributed by atoms with E-state index in [4.69, 9.17) is 4.84 Å². The molecule has 0 amide bonds. The van der Waals surface area contributed by atoms with Gasteiger partial charge in [0.15, 0.2) is 0 Å². The minimum atomic E-state index is -0.276. The van der Waals surface area contributed by atoms with E-state index in [2.05, 4.69) is 11.6 Å². The number of nitrogens with one attached hydrogen (secondary N) is 1. The van der Waals surface area contributed by atoms with Crippen molar-refractivity contribution in [2.24, 2.45) is 11.8 Å². The molecule has 3 aliphatic carbocycles. The van der Waals surface area contributed by atoms with Crippen LogP contribution in [-0.4, -0.2) is 5.97 Å². The summed E-state index contributed by atoms with van der Waals surface area (Å²) in [7, 11) is 0. The summed E-state index contributed by atoms with van der Waals surface area (Å²) < 4.78 is 0. The fourth-order valence-corrected chi connectivity index (χ4v) is 2.24. The lowest BCUT2D eigenvalue weighted by atomic mass is 9.74. The van der Waals surface area contributed by atoms with E-state index < -0.39 is 0 Å². The van der Waals surface area contributed by atoms with Gasteiger partial charge in [-0.25, -0.2) is 5.48 Å². The highest BCUT2D eigenvalue weighted by Gasteiger charge is 2.29. The van der Waals surface area contributed by atoms with Gasteiger partial charge in [0.2, 0.25) is 0 Å². The van der Waals surface area contributed by atoms with Crippen LogP contribution in [0.15, 0.2) is 11.8 Å². The maximum absolute atomic E-state index is 10.6. The van der Waals surface area contributed by atoms with E-state index in [9.17, 15) is 4.79 Å². The van der Waals surface area contributed by atoms with Crippen molar-refractivity contribution in [2.45, 2.75) is 32.6 Å². The van der Waals surface area contributed by atoms with Crippen LogP contribution in [-0.2, 0) is 9.63 Å². The van der Waals surface area contributed by atoms with Crippen molar-refractivity contribution in [3.63, 3.8) is 0 Å². The zero-order valence-electron chi connectivity index (χ0n) is 7.88. The van der Waals surface area contributed by atoms with Gasteiger partial charge in [0, 0.05) is 18.5 Å². The number of carbonyl (C=O) groups is 1. The minimum Gasteiger partial charge on any atom is -0.344 e. The van der Waals surface area contributed by atoms with E-state index >= 15 is 0 Å². The average molecular weight is 181 g/mol. The predicted octanol–water partition coefficient (Wildman–Crippen LogP) is 1.76. The molecular formula is C10H15NO2. The van der Waals surface area contributed by atoms with E-state index in [1.54, 1.807) is 0 Å². The van der Waals surface area contributed by atoms with Crippen molar-refractivity contribution >= 4 is 5.97 Å². The zero-order valence-corrected chi connectivity index (χ0v) is 7.88. The molecule has 0 aromatic carbocycles. The molecule has 1 saturated carbocycles. The lowest BCUT2D eigenvalue weighted by Crippen LogP contribution is -2.30. The molecule has 0 unspecified atom stereocenters. The summed E-state index contributed by atoms with van der Waals surface area (Å²) in [5, 5.41) is 0. The molecule has 3 aliphatic rings. The van der Waals surface area contributed by atoms with Crippen molar-refractivity contribution in [3.05, 3.63) is 11.8 Å². The SMILES string of the molecule is CC(=O)ONC1=CC2CCC1CC2. The van der Waals surface area contributed by atoms with Crippen LogP contribution >= 0.6 is 0 Å². The molecule has 0 heterocycles. The molecule has 3 heteroatoms. The fourth-order valence-electron chi connectivity index (χ4n) is 2.24. The molecule has 0 radical (unpaired) electrons. The van der Waals surface area contributed by atoms with Gasteiger partial charge in [-0.05, 0) is 31.6 Å². The quantitative estimate of drug-likeness (QED) is 0.660. The lowest BCUT2D eigenvalue weighted by Gasteiger charge is -2.34. The Morgan fingerprint density at radius 2 is 2.15 bits per heavy atom. The molecule has 72 valence electrons. The maximum Gasteiger partial charge on any atom is 0.329 e. The zero-order chi connectivity index (χ0) is 9.26. The molecular weight excluding hydrogens is 166 g/mol. The summed E-state index contributed by atoms with van der Waals surface area (Å²) >= 11 is 0. The number of allylic oxidation sites excluding steroid dienone is 2.